The third kappa shape index (κ3) is 8.46. The van der Waals surface area contributed by atoms with Crippen LogP contribution in [0.5, 0.6) is 17.2 Å². The lowest BCUT2D eigenvalue weighted by molar-refractivity contribution is 0.183. The van der Waals surface area contributed by atoms with Gasteiger partial charge in [-0.25, -0.2) is 0 Å². The summed E-state index contributed by atoms with van der Waals surface area (Å²) in [6.07, 6.45) is 9.57. The lowest BCUT2D eigenvalue weighted by Crippen LogP contribution is -2.33. The van der Waals surface area contributed by atoms with Gasteiger partial charge in [0, 0.05) is 17.9 Å². The maximum Gasteiger partial charge on any atom is 0.136 e. The van der Waals surface area contributed by atoms with E-state index in [0.717, 1.165) is 37.2 Å². The van der Waals surface area contributed by atoms with Gasteiger partial charge in [0.25, 0.3) is 0 Å². The predicted molar refractivity (Wildman–Crippen MR) is 139 cm³/mol. The average molecular weight is 472 g/mol. The van der Waals surface area contributed by atoms with E-state index in [1.54, 1.807) is 12.1 Å². The van der Waals surface area contributed by atoms with Gasteiger partial charge in [-0.15, -0.1) is 11.8 Å². The topological polar surface area (TPSA) is 41.9 Å². The van der Waals surface area contributed by atoms with Crippen molar-refractivity contribution in [3.8, 4) is 17.2 Å². The molecular weight excluding hydrogens is 430 g/mol. The van der Waals surface area contributed by atoms with Gasteiger partial charge in [0.15, 0.2) is 0 Å². The third-order valence-electron chi connectivity index (χ3n) is 6.40. The minimum absolute atomic E-state index is 0.290. The van der Waals surface area contributed by atoms with E-state index in [1.165, 1.54) is 62.9 Å². The summed E-state index contributed by atoms with van der Waals surface area (Å²) >= 11 is 1.93. The summed E-state index contributed by atoms with van der Waals surface area (Å²) in [5.74, 6) is 2.94. The van der Waals surface area contributed by atoms with Crippen LogP contribution in [0, 0.1) is 5.92 Å². The molecule has 2 aliphatic heterocycles. The first kappa shape index (κ1) is 25.8. The molecule has 0 bridgehead atoms. The van der Waals surface area contributed by atoms with E-state index in [-0.39, 0.29) is 0 Å². The zero-order valence-electron chi connectivity index (χ0n) is 20.4. The molecule has 0 radical (unpaired) electrons. The molecule has 182 valence electrons. The maximum atomic E-state index is 9.38. The zero-order valence-corrected chi connectivity index (χ0v) is 21.2. The van der Waals surface area contributed by atoms with E-state index in [9.17, 15) is 5.11 Å². The Morgan fingerprint density at radius 3 is 2.42 bits per heavy atom. The van der Waals surface area contributed by atoms with Crippen LogP contribution >= 0.6 is 11.8 Å². The van der Waals surface area contributed by atoms with E-state index in [0.29, 0.717) is 11.0 Å². The van der Waals surface area contributed by atoms with Gasteiger partial charge in [-0.3, -0.25) is 4.90 Å². The molecule has 1 N–H and O–H groups in total. The highest BCUT2D eigenvalue weighted by atomic mass is 32.2. The largest absolute Gasteiger partial charge is 0.508 e. The summed E-state index contributed by atoms with van der Waals surface area (Å²) in [7, 11) is 0. The quantitative estimate of drug-likeness (QED) is 0.508. The number of ether oxygens (including phenoxy) is 2. The summed E-state index contributed by atoms with van der Waals surface area (Å²) in [5, 5.41) is 9.99. The van der Waals surface area contributed by atoms with Crippen molar-refractivity contribution in [2.24, 2.45) is 5.92 Å². The van der Waals surface area contributed by atoms with E-state index in [2.05, 4.69) is 4.90 Å². The number of phenolic OH excluding ortho intramolecular Hbond substituents is 1. The lowest BCUT2D eigenvalue weighted by atomic mass is 10.0. The number of nitrogens with zero attached hydrogens (tertiary/aromatic N) is 1. The Hall–Kier alpha value is -1.85. The Bertz CT molecular complexity index is 789. The van der Waals surface area contributed by atoms with Crippen LogP contribution in [-0.2, 0) is 0 Å². The molecule has 1 saturated carbocycles. The van der Waals surface area contributed by atoms with E-state index in [1.807, 2.05) is 62.0 Å². The molecule has 2 aromatic carbocycles. The number of thioether (sulfide) groups is 1. The molecule has 2 heterocycles. The first-order valence-corrected chi connectivity index (χ1v) is 13.7. The van der Waals surface area contributed by atoms with Gasteiger partial charge in [0.2, 0.25) is 0 Å². The molecular formula is C28H41NO3S. The number of phenols is 1. The molecule has 5 heteroatoms. The first-order chi connectivity index (χ1) is 16.3. The monoisotopic (exact) mass is 471 g/mol. The van der Waals surface area contributed by atoms with Gasteiger partial charge in [-0.05, 0) is 69.0 Å². The van der Waals surface area contributed by atoms with Gasteiger partial charge < -0.3 is 14.6 Å². The second-order valence-electron chi connectivity index (χ2n) is 8.71. The number of hydrogen-bond donors (Lipinski definition) is 1. The second kappa shape index (κ2) is 14.4. The number of aromatic hydroxyl groups is 1. The number of hydrogen-bond acceptors (Lipinski definition) is 5. The fourth-order valence-electron chi connectivity index (χ4n) is 4.63. The summed E-state index contributed by atoms with van der Waals surface area (Å²) in [6, 6.07) is 15.5. The molecule has 0 spiro atoms. The van der Waals surface area contributed by atoms with Crippen LogP contribution in [0.4, 0.5) is 0 Å². The summed E-state index contributed by atoms with van der Waals surface area (Å²) in [4.78, 5) is 3.67. The van der Waals surface area contributed by atoms with Gasteiger partial charge in [0.05, 0.1) is 4.90 Å². The molecule has 1 atom stereocenters. The number of fused-ring (bicyclic) bond motifs is 1. The Labute approximate surface area is 204 Å². The molecule has 5 rings (SSSR count). The molecule has 33 heavy (non-hydrogen) atoms. The van der Waals surface area contributed by atoms with Crippen molar-refractivity contribution >= 4 is 11.8 Å². The van der Waals surface area contributed by atoms with Crippen LogP contribution in [0.15, 0.2) is 53.4 Å². The molecule has 4 nitrogen and oxygen atoms in total. The number of piperidine rings is 1. The zero-order chi connectivity index (χ0) is 23.3. The SMILES string of the molecule is CC.Oc1ccc2c(c1)OCC(C1CCCC1)S2.c1ccc(OCCN2CCCCC2)cc1. The summed E-state index contributed by atoms with van der Waals surface area (Å²) < 4.78 is 11.4. The van der Waals surface area contributed by atoms with Gasteiger partial charge in [-0.2, -0.15) is 0 Å². The predicted octanol–water partition coefficient (Wildman–Crippen LogP) is 7.01. The van der Waals surface area contributed by atoms with Crippen molar-refractivity contribution in [2.45, 2.75) is 68.9 Å². The summed E-state index contributed by atoms with van der Waals surface area (Å²) in [6.45, 7) is 9.17. The Balaban J connectivity index is 0.000000173. The van der Waals surface area contributed by atoms with Crippen molar-refractivity contribution in [3.63, 3.8) is 0 Å². The molecule has 1 unspecified atom stereocenters. The molecule has 0 amide bonds. The summed E-state index contributed by atoms with van der Waals surface area (Å²) in [5.41, 5.74) is 0. The van der Waals surface area contributed by atoms with E-state index < -0.39 is 0 Å². The highest BCUT2D eigenvalue weighted by molar-refractivity contribution is 8.00. The van der Waals surface area contributed by atoms with Gasteiger partial charge >= 0.3 is 0 Å². The Morgan fingerprint density at radius 1 is 0.970 bits per heavy atom. The molecule has 1 aliphatic carbocycles. The number of benzene rings is 2. The molecule has 2 fully saturated rings. The average Bonchev–Trinajstić information content (AvgIpc) is 3.42. The molecule has 0 aromatic heterocycles. The van der Waals surface area contributed by atoms with Crippen molar-refractivity contribution in [3.05, 3.63) is 48.5 Å². The van der Waals surface area contributed by atoms with Crippen LogP contribution in [0.2, 0.25) is 0 Å². The van der Waals surface area contributed by atoms with Gasteiger partial charge in [0.1, 0.15) is 30.5 Å². The van der Waals surface area contributed by atoms with Crippen LogP contribution in [0.3, 0.4) is 0 Å². The van der Waals surface area contributed by atoms with Crippen LogP contribution in [0.25, 0.3) is 0 Å². The second-order valence-corrected chi connectivity index (χ2v) is 9.99. The van der Waals surface area contributed by atoms with Crippen LogP contribution < -0.4 is 9.47 Å². The van der Waals surface area contributed by atoms with E-state index >= 15 is 0 Å². The highest BCUT2D eigenvalue weighted by Gasteiger charge is 2.30. The first-order valence-electron chi connectivity index (χ1n) is 12.8. The van der Waals surface area contributed by atoms with Crippen molar-refractivity contribution in [2.75, 3.05) is 32.8 Å². The minimum atomic E-state index is 0.290. The van der Waals surface area contributed by atoms with Crippen molar-refractivity contribution in [1.29, 1.82) is 0 Å². The highest BCUT2D eigenvalue weighted by Crippen LogP contribution is 2.44. The molecule has 2 aromatic rings. The maximum absolute atomic E-state index is 9.38. The van der Waals surface area contributed by atoms with Gasteiger partial charge in [-0.1, -0.05) is 51.3 Å². The molecule has 3 aliphatic rings. The number of para-hydroxylation sites is 1. The number of likely N-dealkylation sites (tertiary alicyclic amines) is 1. The van der Waals surface area contributed by atoms with Crippen molar-refractivity contribution in [1.82, 2.24) is 4.90 Å². The van der Waals surface area contributed by atoms with Crippen LogP contribution in [-0.4, -0.2) is 48.1 Å². The normalized spacial score (nSPS) is 20.4. The number of rotatable bonds is 5. The standard InChI is InChI=1S/C13H19NO.C13H16O2S.C2H6/c1-3-7-13(8-4-1)15-12-11-14-9-5-2-6-10-14;14-10-5-6-12-11(7-10)15-8-13(16-12)9-3-1-2-4-9;1-2/h1,3-4,7-8H,2,5-6,9-12H2;5-7,9,13-14H,1-4,8H2;1-2H3. The van der Waals surface area contributed by atoms with E-state index in [4.69, 9.17) is 9.47 Å². The smallest absolute Gasteiger partial charge is 0.136 e. The lowest BCUT2D eigenvalue weighted by Gasteiger charge is -2.28. The van der Waals surface area contributed by atoms with Crippen molar-refractivity contribution < 1.29 is 14.6 Å². The third-order valence-corrected chi connectivity index (χ3v) is 7.82. The van der Waals surface area contributed by atoms with Crippen LogP contribution in [0.1, 0.15) is 58.8 Å². The Morgan fingerprint density at radius 2 is 1.70 bits per heavy atom. The minimum Gasteiger partial charge on any atom is -0.508 e. The Kier molecular flexibility index (Phi) is 11.3. The molecule has 1 saturated heterocycles. The fourth-order valence-corrected chi connectivity index (χ4v) is 5.94. The fraction of sp³-hybridized carbons (Fsp3) is 0.571.